The number of pyridine rings is 1. The van der Waals surface area contributed by atoms with E-state index in [2.05, 4.69) is 10.3 Å². The topological polar surface area (TPSA) is 59.8 Å². The molecule has 0 bridgehead atoms. The van der Waals surface area contributed by atoms with Crippen LogP contribution >= 0.6 is 11.6 Å². The molecule has 1 N–H and O–H groups in total. The summed E-state index contributed by atoms with van der Waals surface area (Å²) < 4.78 is 2.05. The number of benzene rings is 2. The predicted molar refractivity (Wildman–Crippen MR) is 111 cm³/mol. The molecule has 140 valence electrons. The molecule has 4 aromatic rings. The molecule has 0 aliphatic rings. The lowest BCUT2D eigenvalue weighted by Gasteiger charge is -2.10. The minimum absolute atomic E-state index is 0.0269. The second-order valence-electron chi connectivity index (χ2n) is 6.45. The highest BCUT2D eigenvalue weighted by atomic mass is 35.5. The Balaban J connectivity index is 1.48. The number of halogens is 1. The molecule has 5 nitrogen and oxygen atoms in total. The number of carbonyl (C=O) groups is 1. The van der Waals surface area contributed by atoms with Gasteiger partial charge in [-0.05, 0) is 29.8 Å². The van der Waals surface area contributed by atoms with Crippen molar-refractivity contribution in [1.29, 1.82) is 0 Å². The summed E-state index contributed by atoms with van der Waals surface area (Å²) in [5, 5.41) is 3.64. The fourth-order valence-corrected chi connectivity index (χ4v) is 3.26. The lowest BCUT2D eigenvalue weighted by atomic mass is 10.1. The number of hydrogen-bond acceptors (Lipinski definition) is 3. The molecule has 0 radical (unpaired) electrons. The van der Waals surface area contributed by atoms with Crippen molar-refractivity contribution >= 4 is 28.7 Å². The van der Waals surface area contributed by atoms with E-state index in [1.165, 1.54) is 0 Å². The van der Waals surface area contributed by atoms with Crippen LogP contribution in [0, 0.1) is 0 Å². The molecule has 0 spiro atoms. The van der Waals surface area contributed by atoms with E-state index >= 15 is 0 Å². The molecule has 0 aliphatic carbocycles. The van der Waals surface area contributed by atoms with E-state index < -0.39 is 0 Å². The highest BCUT2D eigenvalue weighted by Crippen LogP contribution is 2.23. The van der Waals surface area contributed by atoms with Gasteiger partial charge in [0.15, 0.2) is 5.65 Å². The molecule has 0 saturated heterocycles. The van der Waals surface area contributed by atoms with Crippen LogP contribution in [0.15, 0.2) is 72.9 Å². The number of hydrogen-bond donors (Lipinski definition) is 1. The third-order valence-corrected chi connectivity index (χ3v) is 4.72. The van der Waals surface area contributed by atoms with E-state index in [1.54, 1.807) is 18.3 Å². The normalized spacial score (nSPS) is 10.9. The third kappa shape index (κ3) is 4.05. The zero-order valence-corrected chi connectivity index (χ0v) is 15.9. The van der Waals surface area contributed by atoms with Gasteiger partial charge >= 0.3 is 0 Å². The molecule has 0 unspecified atom stereocenters. The van der Waals surface area contributed by atoms with Crippen LogP contribution in [0.3, 0.4) is 0 Å². The van der Waals surface area contributed by atoms with Gasteiger partial charge < -0.3 is 9.88 Å². The van der Waals surface area contributed by atoms with E-state index in [0.29, 0.717) is 24.5 Å². The highest BCUT2D eigenvalue weighted by molar-refractivity contribution is 6.30. The number of nitrogens with zero attached hydrogens (tertiary/aromatic N) is 3. The third-order valence-electron chi connectivity index (χ3n) is 4.47. The van der Waals surface area contributed by atoms with Gasteiger partial charge in [-0.15, -0.1) is 0 Å². The Morgan fingerprint density at radius 1 is 1.00 bits per heavy atom. The number of nitrogens with one attached hydrogen (secondary N) is 1. The van der Waals surface area contributed by atoms with E-state index in [9.17, 15) is 4.79 Å². The molecular formula is C22H19ClN4O. The Hall–Kier alpha value is -3.18. The van der Waals surface area contributed by atoms with Gasteiger partial charge in [0.05, 0.1) is 6.42 Å². The van der Waals surface area contributed by atoms with Crippen molar-refractivity contribution in [3.63, 3.8) is 0 Å². The van der Waals surface area contributed by atoms with Crippen molar-refractivity contribution in [3.8, 4) is 11.4 Å². The molecule has 6 heteroatoms. The van der Waals surface area contributed by atoms with Crippen molar-refractivity contribution < 1.29 is 4.79 Å². The minimum Gasteiger partial charge on any atom is -0.354 e. The van der Waals surface area contributed by atoms with E-state index in [4.69, 9.17) is 16.6 Å². The van der Waals surface area contributed by atoms with Gasteiger partial charge in [-0.3, -0.25) is 4.79 Å². The van der Waals surface area contributed by atoms with Crippen LogP contribution < -0.4 is 5.32 Å². The first-order valence-electron chi connectivity index (χ1n) is 9.08. The molecule has 4 rings (SSSR count). The second-order valence-corrected chi connectivity index (χ2v) is 6.89. The van der Waals surface area contributed by atoms with Crippen molar-refractivity contribution in [2.45, 2.75) is 13.0 Å². The summed E-state index contributed by atoms with van der Waals surface area (Å²) in [5.74, 6) is 0.821. The van der Waals surface area contributed by atoms with Gasteiger partial charge in [0.1, 0.15) is 11.3 Å². The van der Waals surface area contributed by atoms with Crippen LogP contribution in [0.4, 0.5) is 0 Å². The van der Waals surface area contributed by atoms with Crippen LogP contribution in [0.2, 0.25) is 5.02 Å². The molecule has 0 aliphatic heterocycles. The second kappa shape index (κ2) is 8.23. The molecular weight excluding hydrogens is 372 g/mol. The highest BCUT2D eigenvalue weighted by Gasteiger charge is 2.13. The van der Waals surface area contributed by atoms with Crippen LogP contribution in [-0.2, 0) is 17.8 Å². The van der Waals surface area contributed by atoms with Crippen LogP contribution in [0.1, 0.15) is 5.56 Å². The maximum absolute atomic E-state index is 12.3. The first-order valence-corrected chi connectivity index (χ1v) is 9.46. The van der Waals surface area contributed by atoms with Gasteiger partial charge in [-0.1, -0.05) is 54.1 Å². The van der Waals surface area contributed by atoms with Crippen molar-refractivity contribution in [3.05, 3.63) is 83.5 Å². The largest absolute Gasteiger partial charge is 0.354 e. The van der Waals surface area contributed by atoms with Crippen LogP contribution in [0.5, 0.6) is 0 Å². The summed E-state index contributed by atoms with van der Waals surface area (Å²) >= 11 is 5.89. The number of aromatic nitrogens is 3. The zero-order valence-electron chi connectivity index (χ0n) is 15.2. The molecule has 2 aromatic carbocycles. The lowest BCUT2D eigenvalue weighted by Crippen LogP contribution is -2.28. The standard InChI is InChI=1S/C22H19ClN4O/c23-18-10-8-16(9-11-18)15-20(28)24-13-14-27-21(17-5-2-1-3-6-17)26-19-7-4-12-25-22(19)27/h1-12H,13-15H2,(H,24,28). The fourth-order valence-electron chi connectivity index (χ4n) is 3.14. The zero-order chi connectivity index (χ0) is 19.3. The molecule has 0 saturated carbocycles. The maximum atomic E-state index is 12.3. The van der Waals surface area contributed by atoms with Crippen molar-refractivity contribution in [1.82, 2.24) is 19.9 Å². The predicted octanol–water partition coefficient (Wildman–Crippen LogP) is 4.11. The molecule has 2 heterocycles. The Morgan fingerprint density at radius 2 is 1.79 bits per heavy atom. The SMILES string of the molecule is O=C(Cc1ccc(Cl)cc1)NCCn1c(-c2ccccc2)nc2cccnc21. The quantitative estimate of drug-likeness (QED) is 0.539. The summed E-state index contributed by atoms with van der Waals surface area (Å²) in [6, 6.07) is 21.1. The fraction of sp³-hybridized carbons (Fsp3) is 0.136. The summed E-state index contributed by atoms with van der Waals surface area (Å²) in [6.07, 6.45) is 2.08. The monoisotopic (exact) mass is 390 g/mol. The van der Waals surface area contributed by atoms with E-state index in [0.717, 1.165) is 28.1 Å². The number of fused-ring (bicyclic) bond motifs is 1. The van der Waals surface area contributed by atoms with E-state index in [1.807, 2.05) is 59.2 Å². The average molecular weight is 391 g/mol. The van der Waals surface area contributed by atoms with Gasteiger partial charge in [-0.25, -0.2) is 9.97 Å². The smallest absolute Gasteiger partial charge is 0.224 e. The van der Waals surface area contributed by atoms with Crippen molar-refractivity contribution in [2.75, 3.05) is 6.54 Å². The number of rotatable bonds is 6. The van der Waals surface area contributed by atoms with Gasteiger partial charge in [0.25, 0.3) is 0 Å². The summed E-state index contributed by atoms with van der Waals surface area (Å²) in [6.45, 7) is 1.08. The van der Waals surface area contributed by atoms with Crippen molar-refractivity contribution in [2.24, 2.45) is 0 Å². The number of imidazole rings is 1. The summed E-state index contributed by atoms with van der Waals surface area (Å²) in [4.78, 5) is 21.5. The Kier molecular flexibility index (Phi) is 5.35. The van der Waals surface area contributed by atoms with Gasteiger partial charge in [0.2, 0.25) is 5.91 Å². The molecule has 0 fully saturated rings. The summed E-state index contributed by atoms with van der Waals surface area (Å²) in [5.41, 5.74) is 3.61. The van der Waals surface area contributed by atoms with Crippen LogP contribution in [0.25, 0.3) is 22.6 Å². The van der Waals surface area contributed by atoms with E-state index in [-0.39, 0.29) is 5.91 Å². The maximum Gasteiger partial charge on any atom is 0.224 e. The Labute approximate surface area is 168 Å². The molecule has 0 atom stereocenters. The Bertz CT molecular complexity index is 1090. The number of carbonyl (C=O) groups excluding carboxylic acids is 1. The van der Waals surface area contributed by atoms with Gasteiger partial charge in [-0.2, -0.15) is 0 Å². The molecule has 2 aromatic heterocycles. The minimum atomic E-state index is -0.0269. The first kappa shape index (κ1) is 18.2. The van der Waals surface area contributed by atoms with Crippen LogP contribution in [-0.4, -0.2) is 27.0 Å². The average Bonchev–Trinajstić information content (AvgIpc) is 3.09. The molecule has 28 heavy (non-hydrogen) atoms. The Morgan fingerprint density at radius 3 is 2.57 bits per heavy atom. The first-order chi connectivity index (χ1) is 13.7. The molecule has 1 amide bonds. The lowest BCUT2D eigenvalue weighted by molar-refractivity contribution is -0.120. The number of amides is 1. The summed E-state index contributed by atoms with van der Waals surface area (Å²) in [7, 11) is 0. The van der Waals surface area contributed by atoms with Gasteiger partial charge in [0, 0.05) is 29.9 Å².